The Kier molecular flexibility index (Phi) is 4.44. The van der Waals surface area contributed by atoms with E-state index in [1.54, 1.807) is 6.07 Å². The summed E-state index contributed by atoms with van der Waals surface area (Å²) in [5, 5.41) is 4.40. The second-order valence-electron chi connectivity index (χ2n) is 5.62. The van der Waals surface area contributed by atoms with E-state index in [9.17, 15) is 18.0 Å². The van der Waals surface area contributed by atoms with Gasteiger partial charge < -0.3 is 4.74 Å². The summed E-state index contributed by atoms with van der Waals surface area (Å²) in [5.74, 6) is -0.607. The summed E-state index contributed by atoms with van der Waals surface area (Å²) >= 11 is 0. The van der Waals surface area contributed by atoms with Gasteiger partial charge in [0.25, 0.3) is 5.95 Å². The zero-order valence-corrected chi connectivity index (χ0v) is 14.0. The summed E-state index contributed by atoms with van der Waals surface area (Å²) in [7, 11) is 0. The largest absolute Gasteiger partial charge is 0.435 e. The van der Waals surface area contributed by atoms with Crippen molar-refractivity contribution >= 4 is 17.3 Å². The summed E-state index contributed by atoms with van der Waals surface area (Å²) in [6.07, 6.45) is 3.93. The van der Waals surface area contributed by atoms with Gasteiger partial charge in [0.2, 0.25) is 0 Å². The molecule has 0 radical (unpaired) electrons. The SMILES string of the molecule is O=Cc1cnc2c(-c3cccc(OC(F)F)c3)nn(-c3ncc(F)cn3)c2c1. The first-order valence-electron chi connectivity index (χ1n) is 7.92. The first-order chi connectivity index (χ1) is 13.5. The summed E-state index contributed by atoms with van der Waals surface area (Å²) in [6.45, 7) is -2.97. The van der Waals surface area contributed by atoms with Crippen LogP contribution in [-0.2, 0) is 0 Å². The quantitative estimate of drug-likeness (QED) is 0.490. The molecule has 10 heteroatoms. The molecule has 0 aliphatic carbocycles. The molecule has 0 spiro atoms. The number of nitrogens with zero attached hydrogens (tertiary/aromatic N) is 5. The number of benzene rings is 1. The zero-order chi connectivity index (χ0) is 19.7. The van der Waals surface area contributed by atoms with Crippen LogP contribution in [0.15, 0.2) is 48.9 Å². The van der Waals surface area contributed by atoms with Crippen molar-refractivity contribution in [1.82, 2.24) is 24.7 Å². The van der Waals surface area contributed by atoms with Crippen molar-refractivity contribution in [1.29, 1.82) is 0 Å². The standard InChI is InChI=1S/C18H10F3N5O2/c19-12-7-23-18(24-8-12)26-14-4-10(9-27)6-22-16(14)15(25-26)11-2-1-3-13(5-11)28-17(20)21/h1-9,17H. The highest BCUT2D eigenvalue weighted by atomic mass is 19.3. The maximum Gasteiger partial charge on any atom is 0.387 e. The van der Waals surface area contributed by atoms with Crippen LogP contribution >= 0.6 is 0 Å². The van der Waals surface area contributed by atoms with E-state index >= 15 is 0 Å². The number of ether oxygens (including phenoxy) is 1. The molecule has 0 bridgehead atoms. The van der Waals surface area contributed by atoms with Crippen molar-refractivity contribution < 1.29 is 22.7 Å². The molecule has 140 valence electrons. The highest BCUT2D eigenvalue weighted by Gasteiger charge is 2.18. The van der Waals surface area contributed by atoms with Gasteiger partial charge in [-0.2, -0.15) is 18.6 Å². The Morgan fingerprint density at radius 1 is 1.07 bits per heavy atom. The second kappa shape index (κ2) is 7.06. The Balaban J connectivity index is 1.92. The van der Waals surface area contributed by atoms with Crippen LogP contribution in [-0.4, -0.2) is 37.6 Å². The minimum Gasteiger partial charge on any atom is -0.435 e. The molecular formula is C18H10F3N5O2. The first kappa shape index (κ1) is 17.6. The van der Waals surface area contributed by atoms with Crippen LogP contribution in [0.1, 0.15) is 10.4 Å². The molecule has 3 aromatic heterocycles. The molecule has 4 rings (SSSR count). The monoisotopic (exact) mass is 385 g/mol. The number of carbonyl (C=O) groups excluding carboxylic acids is 1. The summed E-state index contributed by atoms with van der Waals surface area (Å²) < 4.78 is 43.9. The van der Waals surface area contributed by atoms with E-state index in [0.717, 1.165) is 12.4 Å². The fraction of sp³-hybridized carbons (Fsp3) is 0.0556. The molecule has 3 heterocycles. The van der Waals surface area contributed by atoms with Crippen molar-refractivity contribution in [2.45, 2.75) is 6.61 Å². The molecule has 0 N–H and O–H groups in total. The number of aldehydes is 1. The molecule has 4 aromatic rings. The number of alkyl halides is 2. The number of hydrogen-bond donors (Lipinski definition) is 0. The van der Waals surface area contributed by atoms with Crippen molar-refractivity contribution in [2.75, 3.05) is 0 Å². The highest BCUT2D eigenvalue weighted by molar-refractivity contribution is 5.93. The van der Waals surface area contributed by atoms with E-state index < -0.39 is 12.4 Å². The van der Waals surface area contributed by atoms with Crippen molar-refractivity contribution in [3.63, 3.8) is 0 Å². The van der Waals surface area contributed by atoms with E-state index in [1.807, 2.05) is 0 Å². The van der Waals surface area contributed by atoms with Gasteiger partial charge in [0.15, 0.2) is 12.1 Å². The number of hydrogen-bond acceptors (Lipinski definition) is 6. The van der Waals surface area contributed by atoms with Gasteiger partial charge in [0.05, 0.1) is 17.9 Å². The number of carbonyl (C=O) groups is 1. The summed E-state index contributed by atoms with van der Waals surface area (Å²) in [4.78, 5) is 23.2. The van der Waals surface area contributed by atoms with Gasteiger partial charge in [-0.25, -0.2) is 14.4 Å². The molecule has 0 atom stereocenters. The number of halogens is 3. The van der Waals surface area contributed by atoms with Gasteiger partial charge >= 0.3 is 6.61 Å². The summed E-state index contributed by atoms with van der Waals surface area (Å²) in [6, 6.07) is 7.48. The molecular weight excluding hydrogens is 375 g/mol. The Labute approximate surface area is 155 Å². The lowest BCUT2D eigenvalue weighted by atomic mass is 10.1. The Morgan fingerprint density at radius 3 is 2.57 bits per heavy atom. The number of pyridine rings is 1. The Bertz CT molecular complexity index is 1160. The maximum atomic E-state index is 13.2. The third-order valence-electron chi connectivity index (χ3n) is 3.81. The van der Waals surface area contributed by atoms with Crippen LogP contribution in [0, 0.1) is 5.82 Å². The van der Waals surface area contributed by atoms with Crippen LogP contribution in [0.4, 0.5) is 13.2 Å². The molecule has 0 amide bonds. The smallest absolute Gasteiger partial charge is 0.387 e. The molecule has 28 heavy (non-hydrogen) atoms. The van der Waals surface area contributed by atoms with Gasteiger partial charge in [0.1, 0.15) is 17.0 Å². The van der Waals surface area contributed by atoms with E-state index in [4.69, 9.17) is 0 Å². The number of rotatable bonds is 5. The molecule has 7 nitrogen and oxygen atoms in total. The molecule has 0 unspecified atom stereocenters. The molecule has 0 fully saturated rings. The van der Waals surface area contributed by atoms with Gasteiger partial charge in [0, 0.05) is 17.3 Å². The molecule has 1 aromatic carbocycles. The lowest BCUT2D eigenvalue weighted by Gasteiger charge is -2.05. The van der Waals surface area contributed by atoms with Crippen LogP contribution in [0.2, 0.25) is 0 Å². The third-order valence-corrected chi connectivity index (χ3v) is 3.81. The van der Waals surface area contributed by atoms with E-state index in [0.29, 0.717) is 28.6 Å². The minimum atomic E-state index is -2.97. The fourth-order valence-corrected chi connectivity index (χ4v) is 2.66. The highest BCUT2D eigenvalue weighted by Crippen LogP contribution is 2.30. The van der Waals surface area contributed by atoms with Crippen LogP contribution in [0.3, 0.4) is 0 Å². The summed E-state index contributed by atoms with van der Waals surface area (Å²) in [5.41, 5.74) is 1.85. The van der Waals surface area contributed by atoms with Crippen LogP contribution in [0.5, 0.6) is 5.75 Å². The lowest BCUT2D eigenvalue weighted by Crippen LogP contribution is -2.03. The maximum absolute atomic E-state index is 13.2. The van der Waals surface area contributed by atoms with E-state index in [1.165, 1.54) is 35.1 Å². The molecule has 0 saturated heterocycles. The lowest BCUT2D eigenvalue weighted by molar-refractivity contribution is -0.0498. The van der Waals surface area contributed by atoms with E-state index in [2.05, 4.69) is 24.8 Å². The van der Waals surface area contributed by atoms with Crippen LogP contribution in [0.25, 0.3) is 28.2 Å². The minimum absolute atomic E-state index is 0.0438. The third kappa shape index (κ3) is 3.27. The molecule has 0 saturated carbocycles. The molecule has 0 aliphatic rings. The van der Waals surface area contributed by atoms with Gasteiger partial charge in [-0.05, 0) is 18.2 Å². The van der Waals surface area contributed by atoms with Gasteiger partial charge in [-0.15, -0.1) is 0 Å². The predicted molar refractivity (Wildman–Crippen MR) is 91.9 cm³/mol. The fourth-order valence-electron chi connectivity index (χ4n) is 2.66. The Hall–Kier alpha value is -3.82. The first-order valence-corrected chi connectivity index (χ1v) is 7.92. The van der Waals surface area contributed by atoms with Crippen LogP contribution < -0.4 is 4.74 Å². The van der Waals surface area contributed by atoms with E-state index in [-0.39, 0.29) is 17.3 Å². The van der Waals surface area contributed by atoms with Crippen molar-refractivity contribution in [2.24, 2.45) is 0 Å². The van der Waals surface area contributed by atoms with Gasteiger partial charge in [-0.3, -0.25) is 9.78 Å². The van der Waals surface area contributed by atoms with Crippen molar-refractivity contribution in [3.8, 4) is 23.0 Å². The molecule has 0 aliphatic heterocycles. The average molecular weight is 385 g/mol. The normalized spacial score (nSPS) is 11.1. The van der Waals surface area contributed by atoms with Gasteiger partial charge in [-0.1, -0.05) is 12.1 Å². The average Bonchev–Trinajstić information content (AvgIpc) is 3.07. The number of aromatic nitrogens is 5. The zero-order valence-electron chi connectivity index (χ0n) is 14.0. The topological polar surface area (TPSA) is 82.8 Å². The predicted octanol–water partition coefficient (Wildman–Crippen LogP) is 3.43. The van der Waals surface area contributed by atoms with Crippen molar-refractivity contribution in [3.05, 3.63) is 60.3 Å². The Morgan fingerprint density at radius 2 is 1.86 bits per heavy atom. The number of fused-ring (bicyclic) bond motifs is 1. The second-order valence-corrected chi connectivity index (χ2v) is 5.62.